The highest BCUT2D eigenvalue weighted by Gasteiger charge is 2.04. The molecule has 0 amide bonds. The first-order chi connectivity index (χ1) is 11.1. The Balaban J connectivity index is 1.75. The minimum absolute atomic E-state index is 0.0639. The lowest BCUT2D eigenvalue weighted by atomic mass is 10.1. The van der Waals surface area contributed by atoms with E-state index in [1.807, 2.05) is 18.2 Å². The smallest absolute Gasteiger partial charge is 0.170 e. The molecule has 0 saturated heterocycles. The van der Waals surface area contributed by atoms with Crippen LogP contribution >= 0.6 is 23.8 Å². The molecule has 0 saturated carbocycles. The van der Waals surface area contributed by atoms with Crippen LogP contribution in [0.2, 0.25) is 5.02 Å². The Labute approximate surface area is 145 Å². The van der Waals surface area contributed by atoms with Crippen molar-refractivity contribution >= 4 is 34.6 Å². The maximum absolute atomic E-state index is 13.1. The number of methoxy groups -OCH3 is 1. The Kier molecular flexibility index (Phi) is 6.62. The summed E-state index contributed by atoms with van der Waals surface area (Å²) in [5.74, 6) is 0.446. The van der Waals surface area contributed by atoms with Gasteiger partial charge >= 0.3 is 0 Å². The minimum Gasteiger partial charge on any atom is -0.496 e. The largest absolute Gasteiger partial charge is 0.496 e. The van der Waals surface area contributed by atoms with Crippen LogP contribution in [-0.4, -0.2) is 18.8 Å². The zero-order valence-electron chi connectivity index (χ0n) is 12.7. The number of aryl methyl sites for hydroxylation is 1. The minimum atomic E-state index is -0.451. The molecule has 0 unspecified atom stereocenters. The highest BCUT2D eigenvalue weighted by molar-refractivity contribution is 7.80. The predicted molar refractivity (Wildman–Crippen MR) is 96.9 cm³/mol. The van der Waals surface area contributed by atoms with E-state index in [1.165, 1.54) is 17.7 Å². The van der Waals surface area contributed by atoms with Gasteiger partial charge in [0.2, 0.25) is 0 Å². The van der Waals surface area contributed by atoms with Crippen LogP contribution in [0.4, 0.5) is 10.1 Å². The van der Waals surface area contributed by atoms with Crippen LogP contribution in [0.15, 0.2) is 42.5 Å². The first-order valence-corrected chi connectivity index (χ1v) is 8.00. The molecule has 0 radical (unpaired) electrons. The molecule has 2 rings (SSSR count). The van der Waals surface area contributed by atoms with Crippen molar-refractivity contribution < 1.29 is 9.13 Å². The second kappa shape index (κ2) is 8.70. The molecule has 0 fully saturated rings. The van der Waals surface area contributed by atoms with Crippen molar-refractivity contribution in [3.63, 3.8) is 0 Å². The number of para-hydroxylation sites is 1. The lowest BCUT2D eigenvalue weighted by Crippen LogP contribution is -2.29. The molecular weight excluding hydrogens is 335 g/mol. The van der Waals surface area contributed by atoms with Gasteiger partial charge in [0.05, 0.1) is 12.1 Å². The van der Waals surface area contributed by atoms with Gasteiger partial charge in [0.1, 0.15) is 11.6 Å². The van der Waals surface area contributed by atoms with Crippen LogP contribution in [-0.2, 0) is 6.42 Å². The van der Waals surface area contributed by atoms with Crippen molar-refractivity contribution in [2.24, 2.45) is 0 Å². The number of halogens is 2. The summed E-state index contributed by atoms with van der Waals surface area (Å²) in [6.45, 7) is 0.721. The van der Waals surface area contributed by atoms with Crippen LogP contribution in [0, 0.1) is 5.82 Å². The Morgan fingerprint density at radius 2 is 2.04 bits per heavy atom. The summed E-state index contributed by atoms with van der Waals surface area (Å²) in [5.41, 5.74) is 1.82. The molecule has 0 aromatic heterocycles. The third kappa shape index (κ3) is 5.37. The molecule has 3 nitrogen and oxygen atoms in total. The average molecular weight is 353 g/mol. The first kappa shape index (κ1) is 17.5. The van der Waals surface area contributed by atoms with E-state index in [1.54, 1.807) is 13.2 Å². The number of ether oxygens (including phenoxy) is 1. The van der Waals surface area contributed by atoms with Gasteiger partial charge in [-0.2, -0.15) is 0 Å². The van der Waals surface area contributed by atoms with E-state index >= 15 is 0 Å². The molecule has 0 bridgehead atoms. The molecule has 0 aliphatic carbocycles. The van der Waals surface area contributed by atoms with E-state index in [0.717, 1.165) is 25.1 Å². The van der Waals surface area contributed by atoms with E-state index in [2.05, 4.69) is 16.7 Å². The van der Waals surface area contributed by atoms with Crippen molar-refractivity contribution in [3.05, 3.63) is 58.9 Å². The SMILES string of the molecule is COc1ccccc1CCCNC(=S)Nc1ccc(F)c(Cl)c1. The van der Waals surface area contributed by atoms with E-state index < -0.39 is 5.82 Å². The summed E-state index contributed by atoms with van der Waals surface area (Å²) in [6, 6.07) is 12.3. The topological polar surface area (TPSA) is 33.3 Å². The third-order valence-corrected chi connectivity index (χ3v) is 3.81. The Bertz CT molecular complexity index is 681. The standard InChI is InChI=1S/C17H18ClFN2OS/c1-22-16-7-3-2-5-12(16)6-4-10-20-17(23)21-13-8-9-15(19)14(18)11-13/h2-3,5,7-9,11H,4,6,10H2,1H3,(H2,20,21,23). The molecular formula is C17H18ClFN2OS. The molecule has 0 aliphatic heterocycles. The van der Waals surface area contributed by atoms with Crippen LogP contribution in [0.3, 0.4) is 0 Å². The van der Waals surface area contributed by atoms with E-state index in [4.69, 9.17) is 28.6 Å². The monoisotopic (exact) mass is 352 g/mol. The second-order valence-electron chi connectivity index (χ2n) is 4.93. The summed E-state index contributed by atoms with van der Waals surface area (Å²) in [4.78, 5) is 0. The zero-order valence-corrected chi connectivity index (χ0v) is 14.3. The van der Waals surface area contributed by atoms with Crippen molar-refractivity contribution in [1.29, 1.82) is 0 Å². The molecule has 23 heavy (non-hydrogen) atoms. The number of hydrogen-bond donors (Lipinski definition) is 2. The number of anilines is 1. The summed E-state index contributed by atoms with van der Waals surface area (Å²) < 4.78 is 18.4. The molecule has 0 atom stereocenters. The van der Waals surface area contributed by atoms with Gasteiger partial charge in [0.25, 0.3) is 0 Å². The lowest BCUT2D eigenvalue weighted by molar-refractivity contribution is 0.409. The molecule has 0 heterocycles. The maximum atomic E-state index is 13.1. The quantitative estimate of drug-likeness (QED) is 0.596. The highest BCUT2D eigenvalue weighted by Crippen LogP contribution is 2.20. The van der Waals surface area contributed by atoms with Gasteiger partial charge in [-0.3, -0.25) is 0 Å². The van der Waals surface area contributed by atoms with E-state index in [9.17, 15) is 4.39 Å². The van der Waals surface area contributed by atoms with Crippen LogP contribution in [0.25, 0.3) is 0 Å². The predicted octanol–water partition coefficient (Wildman–Crippen LogP) is 4.41. The van der Waals surface area contributed by atoms with Crippen molar-refractivity contribution in [2.75, 3.05) is 19.0 Å². The number of benzene rings is 2. The van der Waals surface area contributed by atoms with Crippen molar-refractivity contribution in [2.45, 2.75) is 12.8 Å². The van der Waals surface area contributed by atoms with Gasteiger partial charge < -0.3 is 15.4 Å². The fourth-order valence-corrected chi connectivity index (χ4v) is 2.54. The van der Waals surface area contributed by atoms with Crippen molar-refractivity contribution in [3.8, 4) is 5.75 Å². The average Bonchev–Trinajstić information content (AvgIpc) is 2.55. The fraction of sp³-hybridized carbons (Fsp3) is 0.235. The molecule has 0 aliphatic rings. The van der Waals surface area contributed by atoms with Crippen LogP contribution in [0.5, 0.6) is 5.75 Å². The number of nitrogens with one attached hydrogen (secondary N) is 2. The molecule has 2 aromatic rings. The Morgan fingerprint density at radius 3 is 2.78 bits per heavy atom. The summed E-state index contributed by atoms with van der Waals surface area (Å²) in [5, 5.41) is 6.63. The highest BCUT2D eigenvalue weighted by atomic mass is 35.5. The molecule has 2 aromatic carbocycles. The third-order valence-electron chi connectivity index (χ3n) is 3.28. The Hall–Kier alpha value is -1.85. The fourth-order valence-electron chi connectivity index (χ4n) is 2.14. The summed E-state index contributed by atoms with van der Waals surface area (Å²) >= 11 is 10.9. The van der Waals surface area contributed by atoms with E-state index in [-0.39, 0.29) is 5.02 Å². The summed E-state index contributed by atoms with van der Waals surface area (Å²) in [6.07, 6.45) is 1.80. The van der Waals surface area contributed by atoms with Gasteiger partial charge in [-0.25, -0.2) is 4.39 Å². The van der Waals surface area contributed by atoms with Gasteiger partial charge in [-0.15, -0.1) is 0 Å². The van der Waals surface area contributed by atoms with Gasteiger partial charge in [-0.05, 0) is 54.9 Å². The summed E-state index contributed by atoms with van der Waals surface area (Å²) in [7, 11) is 1.67. The van der Waals surface area contributed by atoms with Crippen molar-refractivity contribution in [1.82, 2.24) is 5.32 Å². The van der Waals surface area contributed by atoms with E-state index in [0.29, 0.717) is 10.8 Å². The van der Waals surface area contributed by atoms with Gasteiger partial charge in [0.15, 0.2) is 5.11 Å². The zero-order chi connectivity index (χ0) is 16.7. The number of rotatable bonds is 6. The molecule has 6 heteroatoms. The van der Waals surface area contributed by atoms with Gasteiger partial charge in [0, 0.05) is 12.2 Å². The normalized spacial score (nSPS) is 10.2. The molecule has 0 spiro atoms. The maximum Gasteiger partial charge on any atom is 0.170 e. The van der Waals surface area contributed by atoms with Gasteiger partial charge in [-0.1, -0.05) is 29.8 Å². The Morgan fingerprint density at radius 1 is 1.26 bits per heavy atom. The second-order valence-corrected chi connectivity index (χ2v) is 5.74. The molecule has 2 N–H and O–H groups in total. The molecule has 122 valence electrons. The first-order valence-electron chi connectivity index (χ1n) is 7.22. The lowest BCUT2D eigenvalue weighted by Gasteiger charge is -2.12. The number of thiocarbonyl (C=S) groups is 1. The van der Waals surface area contributed by atoms with Crippen LogP contribution < -0.4 is 15.4 Å². The van der Waals surface area contributed by atoms with Crippen LogP contribution in [0.1, 0.15) is 12.0 Å². The number of hydrogen-bond acceptors (Lipinski definition) is 2.